The number of nitrogens with one attached hydrogen (secondary N) is 2. The number of pyridine rings is 1. The summed E-state index contributed by atoms with van der Waals surface area (Å²) >= 11 is 6.62. The molecule has 1 aromatic heterocycles. The van der Waals surface area contributed by atoms with Crippen molar-refractivity contribution < 1.29 is 14.2 Å². The standard InChI is InChI=1S/C33H37ClFN5O2/c1-32(42-19-33-9-3-11-40(33)12-4-10-33)15-27(39-17-21-7-8-22(18-39)37-21)25-16-36-30(29(35)31(25)38-32)24-14-23(41)13-20-5-2-6-26(34)28(20)24/h2,5-6,13-16,21-22,37-38,41H,3-4,7-12,17-19H2,1H3. The highest BCUT2D eigenvalue weighted by atomic mass is 35.5. The van der Waals surface area contributed by atoms with Gasteiger partial charge in [0.2, 0.25) is 0 Å². The summed E-state index contributed by atoms with van der Waals surface area (Å²) in [7, 11) is 0. The predicted octanol–water partition coefficient (Wildman–Crippen LogP) is 5.96. The summed E-state index contributed by atoms with van der Waals surface area (Å²) in [5.74, 6) is -0.437. The molecule has 2 aromatic carbocycles. The number of likely N-dealkylation sites (tertiary alicyclic amines) is 1. The van der Waals surface area contributed by atoms with Crippen LogP contribution in [0, 0.1) is 5.82 Å². The van der Waals surface area contributed by atoms with Gasteiger partial charge in [-0.15, -0.1) is 0 Å². The lowest BCUT2D eigenvalue weighted by Crippen LogP contribution is -2.52. The third kappa shape index (κ3) is 4.29. The Morgan fingerprint density at radius 3 is 2.64 bits per heavy atom. The Labute approximate surface area is 250 Å². The number of hydrogen-bond donors (Lipinski definition) is 3. The van der Waals surface area contributed by atoms with Gasteiger partial charge in [-0.2, -0.15) is 0 Å². The molecule has 7 nitrogen and oxygen atoms in total. The number of nitrogens with zero attached hydrogens (tertiary/aromatic N) is 3. The van der Waals surface area contributed by atoms with Crippen LogP contribution in [-0.2, 0) is 4.74 Å². The molecule has 4 saturated heterocycles. The van der Waals surface area contributed by atoms with E-state index in [1.807, 2.05) is 19.1 Å². The zero-order chi connectivity index (χ0) is 28.6. The van der Waals surface area contributed by atoms with E-state index in [0.717, 1.165) is 68.5 Å². The van der Waals surface area contributed by atoms with E-state index in [1.54, 1.807) is 24.4 Å². The largest absolute Gasteiger partial charge is 0.508 e. The SMILES string of the molecule is CC1(OCC23CCCN2CCC3)C=C(N2CC3CCC(C2)N3)c2cnc(-c3cc(O)cc4cccc(Cl)c34)c(F)c2N1. The molecule has 9 heteroatoms. The van der Waals surface area contributed by atoms with Crippen LogP contribution in [0.25, 0.3) is 27.7 Å². The number of ether oxygens (including phenoxy) is 1. The predicted molar refractivity (Wildman–Crippen MR) is 164 cm³/mol. The van der Waals surface area contributed by atoms with Crippen molar-refractivity contribution in [3.63, 3.8) is 0 Å². The number of phenolic OH excluding ortho intramolecular Hbond substituents is 1. The van der Waals surface area contributed by atoms with Crippen LogP contribution in [0.4, 0.5) is 10.1 Å². The molecule has 4 fully saturated rings. The first-order chi connectivity index (χ1) is 20.3. The van der Waals surface area contributed by atoms with Gasteiger partial charge in [0.25, 0.3) is 0 Å². The summed E-state index contributed by atoms with van der Waals surface area (Å²) in [5.41, 5.74) is 1.85. The second-order valence-corrected chi connectivity index (χ2v) is 13.5. The number of rotatable bonds is 5. The van der Waals surface area contributed by atoms with Crippen LogP contribution in [-0.4, -0.2) is 76.0 Å². The molecule has 0 amide bonds. The Morgan fingerprint density at radius 1 is 1.12 bits per heavy atom. The van der Waals surface area contributed by atoms with E-state index in [4.69, 9.17) is 16.3 Å². The van der Waals surface area contributed by atoms with Gasteiger partial charge in [-0.25, -0.2) is 4.39 Å². The van der Waals surface area contributed by atoms with Crippen LogP contribution >= 0.6 is 11.6 Å². The van der Waals surface area contributed by atoms with E-state index in [-0.39, 0.29) is 17.0 Å². The van der Waals surface area contributed by atoms with Gasteiger partial charge in [-0.1, -0.05) is 23.7 Å². The zero-order valence-electron chi connectivity index (χ0n) is 23.9. The molecule has 0 saturated carbocycles. The minimum Gasteiger partial charge on any atom is -0.508 e. The van der Waals surface area contributed by atoms with Crippen LogP contribution in [0.1, 0.15) is 51.0 Å². The van der Waals surface area contributed by atoms with E-state index in [9.17, 15) is 5.11 Å². The maximum atomic E-state index is 16.9. The van der Waals surface area contributed by atoms with Crippen molar-refractivity contribution in [3.8, 4) is 17.0 Å². The van der Waals surface area contributed by atoms with E-state index in [2.05, 4.69) is 31.5 Å². The first kappa shape index (κ1) is 26.7. The van der Waals surface area contributed by atoms with Gasteiger partial charge in [-0.3, -0.25) is 9.88 Å². The van der Waals surface area contributed by atoms with E-state index in [1.165, 1.54) is 12.8 Å². The summed E-state index contributed by atoms with van der Waals surface area (Å²) in [6.07, 6.45) is 10.9. The first-order valence-corrected chi connectivity index (χ1v) is 15.7. The molecule has 0 radical (unpaired) electrons. The highest BCUT2D eigenvalue weighted by Crippen LogP contribution is 2.45. The van der Waals surface area contributed by atoms with Crippen LogP contribution in [0.3, 0.4) is 0 Å². The molecule has 3 aromatic rings. The molecular weight excluding hydrogens is 553 g/mol. The van der Waals surface area contributed by atoms with Crippen molar-refractivity contribution in [1.82, 2.24) is 20.1 Å². The summed E-state index contributed by atoms with van der Waals surface area (Å²) in [5, 5.41) is 19.6. The molecule has 3 unspecified atom stereocenters. The Kier molecular flexibility index (Phi) is 6.23. The molecule has 5 aliphatic rings. The second-order valence-electron chi connectivity index (χ2n) is 13.1. The van der Waals surface area contributed by atoms with Crippen LogP contribution in [0.15, 0.2) is 42.6 Å². The highest BCUT2D eigenvalue weighted by molar-refractivity contribution is 6.36. The van der Waals surface area contributed by atoms with Crippen molar-refractivity contribution in [1.29, 1.82) is 0 Å². The summed E-state index contributed by atoms with van der Waals surface area (Å²) in [6, 6.07) is 9.50. The number of piperazine rings is 1. The number of phenols is 1. The minimum absolute atomic E-state index is 0.0358. The maximum Gasteiger partial charge on any atom is 0.173 e. The quantitative estimate of drug-likeness (QED) is 0.339. The molecule has 5 aliphatic heterocycles. The fraction of sp³-hybridized carbons (Fsp3) is 0.485. The van der Waals surface area contributed by atoms with E-state index < -0.39 is 11.5 Å². The van der Waals surface area contributed by atoms with Gasteiger partial charge in [0.15, 0.2) is 11.5 Å². The molecule has 8 rings (SSSR count). The average Bonchev–Trinajstić information content (AvgIpc) is 3.65. The lowest BCUT2D eigenvalue weighted by atomic mass is 9.94. The van der Waals surface area contributed by atoms with Crippen molar-refractivity contribution in [3.05, 3.63) is 59.0 Å². The third-order valence-corrected chi connectivity index (χ3v) is 10.6. The summed E-state index contributed by atoms with van der Waals surface area (Å²) < 4.78 is 23.7. The van der Waals surface area contributed by atoms with Gasteiger partial charge in [0.05, 0.1) is 12.3 Å². The van der Waals surface area contributed by atoms with E-state index >= 15 is 4.39 Å². The number of halogens is 2. The summed E-state index contributed by atoms with van der Waals surface area (Å²) in [6.45, 7) is 6.61. The van der Waals surface area contributed by atoms with Crippen molar-refractivity contribution in [2.45, 2.75) is 68.8 Å². The monoisotopic (exact) mass is 589 g/mol. The van der Waals surface area contributed by atoms with E-state index in [0.29, 0.717) is 40.4 Å². The molecule has 3 atom stereocenters. The average molecular weight is 590 g/mol. The second kappa shape index (κ2) is 9.81. The molecule has 2 bridgehead atoms. The Bertz CT molecular complexity index is 1590. The fourth-order valence-electron chi connectivity index (χ4n) is 8.25. The Morgan fingerprint density at radius 2 is 1.88 bits per heavy atom. The molecule has 0 spiro atoms. The highest BCUT2D eigenvalue weighted by Gasteiger charge is 2.46. The number of anilines is 1. The Balaban J connectivity index is 1.23. The molecule has 42 heavy (non-hydrogen) atoms. The number of fused-ring (bicyclic) bond motifs is 5. The van der Waals surface area contributed by atoms with Crippen molar-refractivity contribution in [2.75, 3.05) is 38.1 Å². The molecule has 0 aliphatic carbocycles. The number of benzene rings is 2. The van der Waals surface area contributed by atoms with Crippen LogP contribution in [0.5, 0.6) is 5.75 Å². The van der Waals surface area contributed by atoms with Gasteiger partial charge < -0.3 is 25.4 Å². The van der Waals surface area contributed by atoms with Gasteiger partial charge in [0.1, 0.15) is 11.4 Å². The third-order valence-electron chi connectivity index (χ3n) is 10.3. The van der Waals surface area contributed by atoms with Crippen molar-refractivity contribution >= 4 is 33.8 Å². The minimum atomic E-state index is -0.907. The van der Waals surface area contributed by atoms with Gasteiger partial charge >= 0.3 is 0 Å². The lowest BCUT2D eigenvalue weighted by molar-refractivity contribution is -0.0322. The fourth-order valence-corrected chi connectivity index (χ4v) is 8.53. The molecule has 220 valence electrons. The van der Waals surface area contributed by atoms with Crippen molar-refractivity contribution in [2.24, 2.45) is 0 Å². The lowest BCUT2D eigenvalue weighted by Gasteiger charge is -2.43. The normalized spacial score (nSPS) is 28.1. The number of aromatic hydroxyl groups is 1. The van der Waals surface area contributed by atoms with Gasteiger partial charge in [0, 0.05) is 64.1 Å². The smallest absolute Gasteiger partial charge is 0.173 e. The van der Waals surface area contributed by atoms with Crippen LogP contribution < -0.4 is 10.6 Å². The maximum absolute atomic E-state index is 16.9. The molecule has 3 N–H and O–H groups in total. The Hall–Kier alpha value is -2.91. The number of hydrogen-bond acceptors (Lipinski definition) is 7. The molecule has 6 heterocycles. The number of aromatic nitrogens is 1. The molecular formula is C33H37ClFN5O2. The van der Waals surface area contributed by atoms with Gasteiger partial charge in [-0.05, 0) is 88.2 Å². The first-order valence-electron chi connectivity index (χ1n) is 15.3. The summed E-state index contributed by atoms with van der Waals surface area (Å²) in [4.78, 5) is 9.65. The topological polar surface area (TPSA) is 72.9 Å². The zero-order valence-corrected chi connectivity index (χ0v) is 24.7. The van der Waals surface area contributed by atoms with Crippen LogP contribution in [0.2, 0.25) is 5.02 Å².